The Kier molecular flexibility index (Phi) is 3.30. The van der Waals surface area contributed by atoms with E-state index in [-0.39, 0.29) is 5.41 Å². The molecule has 0 spiro atoms. The minimum atomic E-state index is 0.180. The fourth-order valence-corrected chi connectivity index (χ4v) is 1.36. The van der Waals surface area contributed by atoms with E-state index in [0.717, 1.165) is 5.69 Å². The smallest absolute Gasteiger partial charge is 0.0645 e. The zero-order chi connectivity index (χ0) is 11.5. The van der Waals surface area contributed by atoms with Gasteiger partial charge in [-0.2, -0.15) is 5.10 Å². The molecule has 0 amide bonds. The second-order valence-electron chi connectivity index (χ2n) is 4.47. The molecule has 80 valence electrons. The molecule has 1 aromatic carbocycles. The number of hydrogen-bond acceptors (Lipinski definition) is 2. The molecule has 1 rings (SSSR count). The van der Waals surface area contributed by atoms with Crippen LogP contribution in [-0.2, 0) is 5.41 Å². The third-order valence-corrected chi connectivity index (χ3v) is 2.32. The summed E-state index contributed by atoms with van der Waals surface area (Å²) >= 11 is 0. The summed E-state index contributed by atoms with van der Waals surface area (Å²) in [6.45, 7) is 13.7. The Morgan fingerprint density at radius 3 is 2.07 bits per heavy atom. The van der Waals surface area contributed by atoms with Crippen LogP contribution >= 0.6 is 0 Å². The van der Waals surface area contributed by atoms with Gasteiger partial charge in [-0.15, -0.1) is 0 Å². The van der Waals surface area contributed by atoms with Crippen LogP contribution in [0.15, 0.2) is 42.1 Å². The molecule has 0 radical (unpaired) electrons. The molecule has 0 saturated carbocycles. The van der Waals surface area contributed by atoms with Crippen molar-refractivity contribution in [1.82, 2.24) is 0 Å². The molecule has 2 heteroatoms. The number of anilines is 1. The van der Waals surface area contributed by atoms with E-state index in [1.807, 2.05) is 12.1 Å². The molecule has 0 aliphatic carbocycles. The molecule has 0 N–H and O–H groups in total. The van der Waals surface area contributed by atoms with Gasteiger partial charge in [-0.1, -0.05) is 39.5 Å². The summed E-state index contributed by atoms with van der Waals surface area (Å²) in [5.41, 5.74) is 2.46. The van der Waals surface area contributed by atoms with Gasteiger partial charge in [0.25, 0.3) is 0 Å². The Morgan fingerprint density at radius 2 is 1.73 bits per heavy atom. The Morgan fingerprint density at radius 1 is 1.20 bits per heavy atom. The monoisotopic (exact) mass is 202 g/mol. The average Bonchev–Trinajstić information content (AvgIpc) is 2.19. The van der Waals surface area contributed by atoms with Gasteiger partial charge < -0.3 is 0 Å². The third kappa shape index (κ3) is 2.69. The highest BCUT2D eigenvalue weighted by Gasteiger charge is 2.13. The summed E-state index contributed by atoms with van der Waals surface area (Å²) in [5.74, 6) is 0. The van der Waals surface area contributed by atoms with E-state index in [0.29, 0.717) is 0 Å². The Balaban J connectivity index is 2.99. The van der Waals surface area contributed by atoms with Gasteiger partial charge in [-0.25, -0.2) is 5.01 Å². The van der Waals surface area contributed by atoms with Crippen molar-refractivity contribution in [2.75, 3.05) is 5.01 Å². The average molecular weight is 202 g/mol. The van der Waals surface area contributed by atoms with E-state index in [9.17, 15) is 0 Å². The summed E-state index contributed by atoms with van der Waals surface area (Å²) in [4.78, 5) is 0. The van der Waals surface area contributed by atoms with Crippen LogP contribution in [0.25, 0.3) is 0 Å². The highest BCUT2D eigenvalue weighted by Crippen LogP contribution is 2.24. The predicted molar refractivity (Wildman–Crippen MR) is 67.4 cm³/mol. The Hall–Kier alpha value is -1.57. The zero-order valence-electron chi connectivity index (χ0n) is 9.70. The number of rotatable bonds is 3. The number of hydrazone groups is 1. The fourth-order valence-electron chi connectivity index (χ4n) is 1.36. The third-order valence-electron chi connectivity index (χ3n) is 2.32. The molecule has 0 aromatic heterocycles. The first-order chi connectivity index (χ1) is 6.99. The zero-order valence-corrected chi connectivity index (χ0v) is 9.70. The van der Waals surface area contributed by atoms with E-state index in [2.05, 4.69) is 51.3 Å². The van der Waals surface area contributed by atoms with Crippen molar-refractivity contribution in [2.45, 2.75) is 26.2 Å². The predicted octanol–water partition coefficient (Wildman–Crippen LogP) is 3.55. The Labute approximate surface area is 91.9 Å². The lowest BCUT2D eigenvalue weighted by atomic mass is 9.87. The lowest BCUT2D eigenvalue weighted by molar-refractivity contribution is 0.590. The summed E-state index contributed by atoms with van der Waals surface area (Å²) in [6.07, 6.45) is 1.64. The van der Waals surface area contributed by atoms with E-state index in [1.165, 1.54) is 5.56 Å². The van der Waals surface area contributed by atoms with Crippen molar-refractivity contribution < 1.29 is 0 Å². The molecule has 0 atom stereocenters. The largest absolute Gasteiger partial charge is 0.242 e. The van der Waals surface area contributed by atoms with Crippen LogP contribution in [0, 0.1) is 0 Å². The van der Waals surface area contributed by atoms with E-state index < -0.39 is 0 Å². The first kappa shape index (κ1) is 11.5. The van der Waals surface area contributed by atoms with Crippen molar-refractivity contribution in [2.24, 2.45) is 5.10 Å². The Bertz CT molecular complexity index is 336. The normalized spacial score (nSPS) is 10.9. The summed E-state index contributed by atoms with van der Waals surface area (Å²) in [6, 6.07) is 8.27. The van der Waals surface area contributed by atoms with Gasteiger partial charge in [0, 0.05) is 12.9 Å². The van der Waals surface area contributed by atoms with Crippen LogP contribution < -0.4 is 5.01 Å². The summed E-state index contributed by atoms with van der Waals surface area (Å²) < 4.78 is 0. The van der Waals surface area contributed by atoms with Crippen LogP contribution in [0.3, 0.4) is 0 Å². The first-order valence-corrected chi connectivity index (χ1v) is 4.98. The number of nitrogens with zero attached hydrogens (tertiary/aromatic N) is 2. The van der Waals surface area contributed by atoms with Gasteiger partial charge in [0.2, 0.25) is 0 Å². The van der Waals surface area contributed by atoms with E-state index in [4.69, 9.17) is 0 Å². The van der Waals surface area contributed by atoms with Gasteiger partial charge in [0.05, 0.1) is 5.69 Å². The molecule has 0 aliphatic rings. The van der Waals surface area contributed by atoms with Gasteiger partial charge in [-0.05, 0) is 23.1 Å². The molecule has 0 saturated heterocycles. The molecular formula is C13H18N2. The lowest BCUT2D eigenvalue weighted by Gasteiger charge is -2.20. The quantitative estimate of drug-likeness (QED) is 0.540. The van der Waals surface area contributed by atoms with E-state index >= 15 is 0 Å². The highest BCUT2D eigenvalue weighted by molar-refractivity contribution is 5.51. The van der Waals surface area contributed by atoms with Crippen molar-refractivity contribution in [1.29, 1.82) is 0 Å². The minimum absolute atomic E-state index is 0.180. The van der Waals surface area contributed by atoms with Crippen LogP contribution in [0.4, 0.5) is 5.69 Å². The first-order valence-electron chi connectivity index (χ1n) is 4.98. The molecule has 2 nitrogen and oxygen atoms in total. The second kappa shape index (κ2) is 4.30. The number of hydrogen-bond donors (Lipinski definition) is 0. The summed E-state index contributed by atoms with van der Waals surface area (Å²) in [5, 5.41) is 5.48. The molecular weight excluding hydrogens is 184 g/mol. The molecule has 15 heavy (non-hydrogen) atoms. The van der Waals surface area contributed by atoms with Gasteiger partial charge in [0.15, 0.2) is 0 Å². The minimum Gasteiger partial charge on any atom is -0.242 e. The topological polar surface area (TPSA) is 15.6 Å². The molecule has 0 unspecified atom stereocenters. The van der Waals surface area contributed by atoms with Crippen molar-refractivity contribution >= 4 is 12.4 Å². The lowest BCUT2D eigenvalue weighted by Crippen LogP contribution is -2.11. The molecule has 0 fully saturated rings. The standard InChI is InChI=1S/C13H18N2/c1-6-15(14-5)12-9-7-11(8-10-12)13(2,3)4/h6-10H,1,5H2,2-4H3. The van der Waals surface area contributed by atoms with Crippen molar-refractivity contribution in [3.8, 4) is 0 Å². The van der Waals surface area contributed by atoms with E-state index in [1.54, 1.807) is 11.2 Å². The molecule has 0 heterocycles. The van der Waals surface area contributed by atoms with Crippen molar-refractivity contribution in [3.05, 3.63) is 42.6 Å². The SMILES string of the molecule is C=CN(N=C)c1ccc(C(C)(C)C)cc1. The highest BCUT2D eigenvalue weighted by atomic mass is 15.4. The van der Waals surface area contributed by atoms with Crippen LogP contribution in [-0.4, -0.2) is 6.72 Å². The molecule has 0 bridgehead atoms. The van der Waals surface area contributed by atoms with Crippen LogP contribution in [0.5, 0.6) is 0 Å². The fraction of sp³-hybridized carbons (Fsp3) is 0.308. The maximum absolute atomic E-state index is 3.83. The molecule has 1 aromatic rings. The molecule has 0 aliphatic heterocycles. The van der Waals surface area contributed by atoms with Gasteiger partial charge in [0.1, 0.15) is 0 Å². The van der Waals surface area contributed by atoms with Gasteiger partial charge in [-0.3, -0.25) is 0 Å². The summed E-state index contributed by atoms with van der Waals surface area (Å²) in [7, 11) is 0. The van der Waals surface area contributed by atoms with Crippen molar-refractivity contribution in [3.63, 3.8) is 0 Å². The van der Waals surface area contributed by atoms with Gasteiger partial charge >= 0.3 is 0 Å². The maximum Gasteiger partial charge on any atom is 0.0645 e. The second-order valence-corrected chi connectivity index (χ2v) is 4.47. The number of benzene rings is 1. The van der Waals surface area contributed by atoms with Crippen LogP contribution in [0.2, 0.25) is 0 Å². The van der Waals surface area contributed by atoms with Crippen LogP contribution in [0.1, 0.15) is 26.3 Å². The maximum atomic E-state index is 3.83.